The zero-order chi connectivity index (χ0) is 23.7. The molecule has 2 fully saturated rings. The summed E-state index contributed by atoms with van der Waals surface area (Å²) in [4.78, 5) is 19.9. The van der Waals surface area contributed by atoms with Gasteiger partial charge in [-0.15, -0.1) is 0 Å². The van der Waals surface area contributed by atoms with E-state index < -0.39 is 10.0 Å². The van der Waals surface area contributed by atoms with E-state index in [-0.39, 0.29) is 16.7 Å². The SMILES string of the molecule is Cc1nc(N2CCC(Cc3cccc(S(=O)(=O)N4CCOCC4)c3)C2=O)ccc1-c1cn[nH]c1. The van der Waals surface area contributed by atoms with Crippen LogP contribution in [0.2, 0.25) is 0 Å². The summed E-state index contributed by atoms with van der Waals surface area (Å²) in [6, 6.07) is 10.8. The van der Waals surface area contributed by atoms with E-state index >= 15 is 0 Å². The van der Waals surface area contributed by atoms with E-state index in [1.54, 1.807) is 29.3 Å². The molecule has 3 aromatic rings. The maximum Gasteiger partial charge on any atom is 0.243 e. The summed E-state index contributed by atoms with van der Waals surface area (Å²) in [5.74, 6) is 0.447. The highest BCUT2D eigenvalue weighted by molar-refractivity contribution is 7.89. The Balaban J connectivity index is 1.30. The van der Waals surface area contributed by atoms with Crippen LogP contribution in [-0.2, 0) is 26.0 Å². The first-order valence-electron chi connectivity index (χ1n) is 11.4. The fourth-order valence-electron chi connectivity index (χ4n) is 4.61. The van der Waals surface area contributed by atoms with Crippen molar-refractivity contribution in [3.63, 3.8) is 0 Å². The molecule has 0 aliphatic carbocycles. The maximum atomic E-state index is 13.2. The van der Waals surface area contributed by atoms with Crippen molar-refractivity contribution in [2.75, 3.05) is 37.7 Å². The molecule has 178 valence electrons. The van der Waals surface area contributed by atoms with Crippen molar-refractivity contribution < 1.29 is 17.9 Å². The molecule has 10 heteroatoms. The Morgan fingerprint density at radius 3 is 2.71 bits per heavy atom. The summed E-state index contributed by atoms with van der Waals surface area (Å²) in [7, 11) is -3.57. The van der Waals surface area contributed by atoms with Gasteiger partial charge in [-0.2, -0.15) is 9.40 Å². The van der Waals surface area contributed by atoms with Gasteiger partial charge in [0.15, 0.2) is 0 Å². The molecule has 1 amide bonds. The minimum Gasteiger partial charge on any atom is -0.379 e. The Kier molecular flexibility index (Phi) is 6.20. The number of morpholine rings is 1. The van der Waals surface area contributed by atoms with Crippen LogP contribution in [0.3, 0.4) is 0 Å². The lowest BCUT2D eigenvalue weighted by Gasteiger charge is -2.26. The fraction of sp³-hybridized carbons (Fsp3) is 0.375. The third-order valence-corrected chi connectivity index (χ3v) is 8.36. The number of pyridine rings is 1. The minimum atomic E-state index is -3.57. The fourth-order valence-corrected chi connectivity index (χ4v) is 6.09. The minimum absolute atomic E-state index is 0.0180. The second kappa shape index (κ2) is 9.28. The number of hydrogen-bond acceptors (Lipinski definition) is 6. The third kappa shape index (κ3) is 4.36. The number of anilines is 1. The highest BCUT2D eigenvalue weighted by Crippen LogP contribution is 2.30. The zero-order valence-electron chi connectivity index (χ0n) is 19.0. The van der Waals surface area contributed by atoms with Gasteiger partial charge in [-0.3, -0.25) is 14.8 Å². The number of nitrogens with zero attached hydrogens (tertiary/aromatic N) is 4. The average Bonchev–Trinajstić information content (AvgIpc) is 3.50. The van der Waals surface area contributed by atoms with Gasteiger partial charge in [-0.25, -0.2) is 13.4 Å². The van der Waals surface area contributed by atoms with Crippen molar-refractivity contribution in [3.05, 3.63) is 60.0 Å². The van der Waals surface area contributed by atoms with Crippen LogP contribution in [0.15, 0.2) is 53.7 Å². The first-order chi connectivity index (χ1) is 16.4. The van der Waals surface area contributed by atoms with E-state index in [9.17, 15) is 13.2 Å². The first-order valence-corrected chi connectivity index (χ1v) is 12.8. The van der Waals surface area contributed by atoms with Crippen molar-refractivity contribution in [2.45, 2.75) is 24.7 Å². The molecule has 34 heavy (non-hydrogen) atoms. The molecule has 0 radical (unpaired) electrons. The molecule has 0 saturated carbocycles. The Bertz CT molecular complexity index is 1290. The van der Waals surface area contributed by atoms with Crippen LogP contribution in [0.25, 0.3) is 11.1 Å². The van der Waals surface area contributed by atoms with Crippen LogP contribution in [0, 0.1) is 12.8 Å². The van der Waals surface area contributed by atoms with Crippen LogP contribution in [0.1, 0.15) is 17.7 Å². The monoisotopic (exact) mass is 481 g/mol. The predicted octanol–water partition coefficient (Wildman–Crippen LogP) is 2.40. The summed E-state index contributed by atoms with van der Waals surface area (Å²) in [6.45, 7) is 4.03. The van der Waals surface area contributed by atoms with E-state index in [4.69, 9.17) is 4.74 Å². The standard InChI is InChI=1S/C24H27N5O4S/c1-17-22(20-15-25-26-16-20)5-6-23(27-17)29-8-7-19(24(29)30)13-18-3-2-4-21(14-18)34(31,32)28-9-11-33-12-10-28/h2-6,14-16,19H,7-13H2,1H3,(H,25,26). The number of carbonyl (C=O) groups excluding carboxylic acids is 1. The quantitative estimate of drug-likeness (QED) is 0.579. The van der Waals surface area contributed by atoms with Crippen molar-refractivity contribution in [2.24, 2.45) is 5.92 Å². The number of aryl methyl sites for hydroxylation is 1. The van der Waals surface area contributed by atoms with Crippen LogP contribution >= 0.6 is 0 Å². The number of rotatable bonds is 6. The average molecular weight is 482 g/mol. The highest BCUT2D eigenvalue weighted by Gasteiger charge is 2.34. The molecule has 4 heterocycles. The molecule has 5 rings (SSSR count). The summed E-state index contributed by atoms with van der Waals surface area (Å²) in [5.41, 5.74) is 3.60. The Morgan fingerprint density at radius 1 is 1.15 bits per heavy atom. The van der Waals surface area contributed by atoms with Gasteiger partial charge in [0.2, 0.25) is 15.9 Å². The van der Waals surface area contributed by atoms with Gasteiger partial charge in [0, 0.05) is 48.6 Å². The lowest BCUT2D eigenvalue weighted by Crippen LogP contribution is -2.40. The van der Waals surface area contributed by atoms with Gasteiger partial charge >= 0.3 is 0 Å². The third-order valence-electron chi connectivity index (χ3n) is 6.46. The number of carbonyl (C=O) groups is 1. The van der Waals surface area contributed by atoms with E-state index in [0.717, 1.165) is 22.4 Å². The van der Waals surface area contributed by atoms with Crippen molar-refractivity contribution in [1.82, 2.24) is 19.5 Å². The molecule has 9 nitrogen and oxygen atoms in total. The summed E-state index contributed by atoms with van der Waals surface area (Å²) < 4.78 is 32.7. The van der Waals surface area contributed by atoms with Gasteiger partial charge < -0.3 is 4.74 Å². The van der Waals surface area contributed by atoms with Crippen LogP contribution < -0.4 is 4.90 Å². The molecular weight excluding hydrogens is 454 g/mol. The number of aromatic nitrogens is 3. The summed E-state index contributed by atoms with van der Waals surface area (Å²) >= 11 is 0. The van der Waals surface area contributed by atoms with E-state index in [0.29, 0.717) is 51.5 Å². The van der Waals surface area contributed by atoms with Crippen LogP contribution in [0.5, 0.6) is 0 Å². The molecule has 2 aliphatic heterocycles. The van der Waals surface area contributed by atoms with Gasteiger partial charge in [-0.05, 0) is 49.6 Å². The molecule has 1 unspecified atom stereocenters. The number of aromatic amines is 1. The lowest BCUT2D eigenvalue weighted by molar-refractivity contribution is -0.120. The van der Waals surface area contributed by atoms with Gasteiger partial charge in [0.1, 0.15) is 5.82 Å². The molecule has 2 aliphatic rings. The van der Waals surface area contributed by atoms with Crippen LogP contribution in [0.4, 0.5) is 5.82 Å². The predicted molar refractivity (Wildman–Crippen MR) is 127 cm³/mol. The first kappa shape index (κ1) is 22.7. The number of hydrogen-bond donors (Lipinski definition) is 1. The number of amides is 1. The zero-order valence-corrected chi connectivity index (χ0v) is 19.8. The number of benzene rings is 1. The number of H-pyrrole nitrogens is 1. The lowest BCUT2D eigenvalue weighted by atomic mass is 9.98. The van der Waals surface area contributed by atoms with Crippen molar-refractivity contribution >= 4 is 21.7 Å². The van der Waals surface area contributed by atoms with Crippen LogP contribution in [-0.4, -0.2) is 66.7 Å². The Labute approximate surface area is 198 Å². The number of nitrogens with one attached hydrogen (secondary N) is 1. The Morgan fingerprint density at radius 2 is 1.97 bits per heavy atom. The molecule has 0 spiro atoms. The topological polar surface area (TPSA) is 108 Å². The smallest absolute Gasteiger partial charge is 0.243 e. The van der Waals surface area contributed by atoms with Gasteiger partial charge in [0.05, 0.1) is 24.3 Å². The second-order valence-corrected chi connectivity index (χ2v) is 10.6. The molecule has 1 atom stereocenters. The molecule has 2 aromatic heterocycles. The van der Waals surface area contributed by atoms with E-state index in [1.165, 1.54) is 4.31 Å². The van der Waals surface area contributed by atoms with Gasteiger partial charge in [0.25, 0.3) is 0 Å². The van der Waals surface area contributed by atoms with Crippen molar-refractivity contribution in [1.29, 1.82) is 0 Å². The highest BCUT2D eigenvalue weighted by atomic mass is 32.2. The largest absolute Gasteiger partial charge is 0.379 e. The van der Waals surface area contributed by atoms with Crippen molar-refractivity contribution in [3.8, 4) is 11.1 Å². The normalized spacial score (nSPS) is 19.6. The van der Waals surface area contributed by atoms with Gasteiger partial charge in [-0.1, -0.05) is 12.1 Å². The maximum absolute atomic E-state index is 13.2. The van der Waals surface area contributed by atoms with E-state index in [2.05, 4.69) is 15.2 Å². The summed E-state index contributed by atoms with van der Waals surface area (Å²) in [5, 5.41) is 6.79. The number of sulfonamides is 1. The van der Waals surface area contributed by atoms with E-state index in [1.807, 2.05) is 31.3 Å². The summed E-state index contributed by atoms with van der Waals surface area (Å²) in [6.07, 6.45) is 4.75. The molecule has 0 bridgehead atoms. The Hall–Kier alpha value is -3.08. The second-order valence-electron chi connectivity index (χ2n) is 8.63. The molecule has 1 N–H and O–H groups in total. The molecule has 1 aromatic carbocycles. The molecule has 2 saturated heterocycles. The molecular formula is C24H27N5O4S. The number of ether oxygens (including phenoxy) is 1.